The summed E-state index contributed by atoms with van der Waals surface area (Å²) >= 11 is 0. The van der Waals surface area contributed by atoms with Crippen molar-refractivity contribution in [3.8, 4) is 0 Å². The van der Waals surface area contributed by atoms with E-state index in [0.717, 1.165) is 11.3 Å². The zero-order valence-corrected chi connectivity index (χ0v) is 10.9. The SMILES string of the molecule is NCCc1cn(CC(=O)NCc2ccc(F)cc2)nn1. The molecule has 0 aliphatic heterocycles. The Morgan fingerprint density at radius 3 is 2.80 bits per heavy atom. The molecule has 3 N–H and O–H groups in total. The summed E-state index contributed by atoms with van der Waals surface area (Å²) in [6, 6.07) is 5.98. The van der Waals surface area contributed by atoms with E-state index in [4.69, 9.17) is 5.73 Å². The van der Waals surface area contributed by atoms with Crippen LogP contribution in [0.1, 0.15) is 11.3 Å². The van der Waals surface area contributed by atoms with Crippen LogP contribution in [0.2, 0.25) is 0 Å². The largest absolute Gasteiger partial charge is 0.350 e. The van der Waals surface area contributed by atoms with Gasteiger partial charge in [0, 0.05) is 19.2 Å². The Balaban J connectivity index is 1.81. The van der Waals surface area contributed by atoms with E-state index in [2.05, 4.69) is 15.6 Å². The molecule has 0 saturated carbocycles. The normalized spacial score (nSPS) is 10.5. The highest BCUT2D eigenvalue weighted by Crippen LogP contribution is 2.02. The summed E-state index contributed by atoms with van der Waals surface area (Å²) in [7, 11) is 0. The molecule has 1 heterocycles. The number of aromatic nitrogens is 3. The Morgan fingerprint density at radius 2 is 2.10 bits per heavy atom. The number of halogens is 1. The van der Waals surface area contributed by atoms with E-state index >= 15 is 0 Å². The molecule has 20 heavy (non-hydrogen) atoms. The highest BCUT2D eigenvalue weighted by molar-refractivity contribution is 5.75. The summed E-state index contributed by atoms with van der Waals surface area (Å²) in [5.41, 5.74) is 7.01. The Morgan fingerprint density at radius 1 is 1.35 bits per heavy atom. The summed E-state index contributed by atoms with van der Waals surface area (Å²) in [5.74, 6) is -0.478. The number of nitrogens with two attached hydrogens (primary N) is 1. The molecule has 0 spiro atoms. The third kappa shape index (κ3) is 4.13. The lowest BCUT2D eigenvalue weighted by Gasteiger charge is -2.05. The van der Waals surface area contributed by atoms with Gasteiger partial charge >= 0.3 is 0 Å². The van der Waals surface area contributed by atoms with Gasteiger partial charge in [-0.2, -0.15) is 0 Å². The number of amides is 1. The van der Waals surface area contributed by atoms with Gasteiger partial charge in [0.2, 0.25) is 5.91 Å². The predicted octanol–water partition coefficient (Wildman–Crippen LogP) is 0.235. The molecule has 1 amide bonds. The maximum absolute atomic E-state index is 12.7. The van der Waals surface area contributed by atoms with E-state index in [1.807, 2.05) is 0 Å². The van der Waals surface area contributed by atoms with Gasteiger partial charge in [-0.25, -0.2) is 9.07 Å². The van der Waals surface area contributed by atoms with Crippen molar-refractivity contribution in [1.82, 2.24) is 20.3 Å². The third-order valence-electron chi connectivity index (χ3n) is 2.70. The van der Waals surface area contributed by atoms with Gasteiger partial charge in [-0.05, 0) is 24.2 Å². The predicted molar refractivity (Wildman–Crippen MR) is 71.0 cm³/mol. The van der Waals surface area contributed by atoms with Crippen LogP contribution in [0.25, 0.3) is 0 Å². The van der Waals surface area contributed by atoms with Crippen molar-refractivity contribution in [2.24, 2.45) is 5.73 Å². The van der Waals surface area contributed by atoms with Crippen molar-refractivity contribution in [2.45, 2.75) is 19.5 Å². The number of nitrogens with zero attached hydrogens (tertiary/aromatic N) is 3. The van der Waals surface area contributed by atoms with E-state index in [0.29, 0.717) is 19.5 Å². The van der Waals surface area contributed by atoms with Crippen LogP contribution >= 0.6 is 0 Å². The summed E-state index contributed by atoms with van der Waals surface area (Å²) in [4.78, 5) is 11.7. The van der Waals surface area contributed by atoms with Crippen LogP contribution in [0.15, 0.2) is 30.5 Å². The molecule has 0 bridgehead atoms. The van der Waals surface area contributed by atoms with Crippen molar-refractivity contribution >= 4 is 5.91 Å². The van der Waals surface area contributed by atoms with Crippen molar-refractivity contribution in [3.05, 3.63) is 47.5 Å². The third-order valence-corrected chi connectivity index (χ3v) is 2.70. The molecule has 0 radical (unpaired) electrons. The second-order valence-corrected chi connectivity index (χ2v) is 4.35. The minimum atomic E-state index is -0.296. The number of nitrogens with one attached hydrogen (secondary N) is 1. The van der Waals surface area contributed by atoms with Crippen molar-refractivity contribution < 1.29 is 9.18 Å². The van der Waals surface area contributed by atoms with E-state index in [9.17, 15) is 9.18 Å². The topological polar surface area (TPSA) is 85.8 Å². The summed E-state index contributed by atoms with van der Waals surface area (Å²) in [6.45, 7) is 0.942. The molecule has 0 aliphatic rings. The van der Waals surface area contributed by atoms with E-state index in [1.54, 1.807) is 18.3 Å². The minimum absolute atomic E-state index is 0.0960. The summed E-state index contributed by atoms with van der Waals surface area (Å²) in [5, 5.41) is 10.5. The zero-order valence-electron chi connectivity index (χ0n) is 10.9. The fraction of sp³-hybridized carbons (Fsp3) is 0.308. The number of carbonyl (C=O) groups is 1. The van der Waals surface area contributed by atoms with Gasteiger partial charge < -0.3 is 11.1 Å². The quantitative estimate of drug-likeness (QED) is 0.791. The first-order valence-corrected chi connectivity index (χ1v) is 6.27. The smallest absolute Gasteiger partial charge is 0.242 e. The highest BCUT2D eigenvalue weighted by Gasteiger charge is 2.05. The van der Waals surface area contributed by atoms with Gasteiger partial charge in [-0.1, -0.05) is 17.3 Å². The molecule has 106 valence electrons. The first kappa shape index (κ1) is 14.1. The average Bonchev–Trinajstić information content (AvgIpc) is 2.86. The van der Waals surface area contributed by atoms with Crippen molar-refractivity contribution in [2.75, 3.05) is 6.54 Å². The fourth-order valence-electron chi connectivity index (χ4n) is 1.68. The highest BCUT2D eigenvalue weighted by atomic mass is 19.1. The van der Waals surface area contributed by atoms with E-state index in [-0.39, 0.29) is 18.3 Å². The van der Waals surface area contributed by atoms with Gasteiger partial charge in [0.05, 0.1) is 5.69 Å². The van der Waals surface area contributed by atoms with E-state index < -0.39 is 0 Å². The first-order valence-electron chi connectivity index (χ1n) is 6.27. The molecule has 0 aliphatic carbocycles. The summed E-state index contributed by atoms with van der Waals surface area (Å²) in [6.07, 6.45) is 2.33. The van der Waals surface area contributed by atoms with Crippen LogP contribution in [0.4, 0.5) is 4.39 Å². The lowest BCUT2D eigenvalue weighted by atomic mass is 10.2. The standard InChI is InChI=1S/C13H16FN5O/c14-11-3-1-10(2-4-11)7-16-13(20)9-19-8-12(5-6-15)17-18-19/h1-4,8H,5-7,9,15H2,(H,16,20). The molecule has 0 saturated heterocycles. The molecule has 0 fully saturated rings. The van der Waals surface area contributed by atoms with E-state index in [1.165, 1.54) is 16.8 Å². The van der Waals surface area contributed by atoms with Gasteiger partial charge in [-0.3, -0.25) is 4.79 Å². The van der Waals surface area contributed by atoms with Crippen LogP contribution in [0.3, 0.4) is 0 Å². The number of hydrogen-bond donors (Lipinski definition) is 2. The van der Waals surface area contributed by atoms with Crippen LogP contribution < -0.4 is 11.1 Å². The Hall–Kier alpha value is -2.28. The van der Waals surface area contributed by atoms with Gasteiger partial charge in [-0.15, -0.1) is 5.10 Å². The number of hydrogen-bond acceptors (Lipinski definition) is 4. The first-order chi connectivity index (χ1) is 9.67. The van der Waals surface area contributed by atoms with Gasteiger partial charge in [0.15, 0.2) is 0 Å². The van der Waals surface area contributed by atoms with Gasteiger partial charge in [0.1, 0.15) is 12.4 Å². The second-order valence-electron chi connectivity index (χ2n) is 4.35. The number of rotatable bonds is 6. The Labute approximate surface area is 115 Å². The molecule has 1 aromatic carbocycles. The second kappa shape index (κ2) is 6.76. The number of benzene rings is 1. The molecule has 6 nitrogen and oxygen atoms in total. The summed E-state index contributed by atoms with van der Waals surface area (Å²) < 4.78 is 14.2. The Kier molecular flexibility index (Phi) is 4.78. The van der Waals surface area contributed by atoms with Crippen LogP contribution in [-0.2, 0) is 24.3 Å². The zero-order chi connectivity index (χ0) is 14.4. The molecule has 7 heteroatoms. The maximum Gasteiger partial charge on any atom is 0.242 e. The van der Waals surface area contributed by atoms with Crippen molar-refractivity contribution in [3.63, 3.8) is 0 Å². The van der Waals surface area contributed by atoms with Crippen LogP contribution in [0.5, 0.6) is 0 Å². The van der Waals surface area contributed by atoms with Gasteiger partial charge in [0.25, 0.3) is 0 Å². The molecule has 2 rings (SSSR count). The maximum atomic E-state index is 12.7. The molecule has 0 unspecified atom stereocenters. The lowest BCUT2D eigenvalue weighted by molar-refractivity contribution is -0.122. The number of carbonyl (C=O) groups excluding carboxylic acids is 1. The molecular weight excluding hydrogens is 261 g/mol. The van der Waals surface area contributed by atoms with Crippen LogP contribution in [0, 0.1) is 5.82 Å². The molecular formula is C13H16FN5O. The van der Waals surface area contributed by atoms with Crippen LogP contribution in [-0.4, -0.2) is 27.4 Å². The molecule has 0 atom stereocenters. The average molecular weight is 277 g/mol. The fourth-order valence-corrected chi connectivity index (χ4v) is 1.68. The Bertz CT molecular complexity index is 566. The minimum Gasteiger partial charge on any atom is -0.350 e. The lowest BCUT2D eigenvalue weighted by Crippen LogP contribution is -2.27. The molecule has 1 aromatic heterocycles. The monoisotopic (exact) mass is 277 g/mol. The molecule has 2 aromatic rings. The van der Waals surface area contributed by atoms with Crippen molar-refractivity contribution in [1.29, 1.82) is 0 Å².